The van der Waals surface area contributed by atoms with Crippen LogP contribution in [0.5, 0.6) is 0 Å². The van der Waals surface area contributed by atoms with Gasteiger partial charge in [0, 0.05) is 50.2 Å². The fourth-order valence-corrected chi connectivity index (χ4v) is 6.17. The Morgan fingerprint density at radius 1 is 1.15 bits per heavy atom. The molecular formula is C41H59FN4O2. The standard InChI is InChI=1S/C24H33N3O2.C15H24FN.C2H2/c1-19(2)15-21(5-3-14-29-18-20-6-7-20)22-16-23(27(17-22)12-13-28)8-9-24-25-10-4-11-26-24;1-5-7-13(8-6-2)17(4)14-9-10-15(16)12(3)11-14;1-2/h3-5,10-11,13-15,20,22-23H,6-9,12,16-18H2,1-2H3;9-11,13H,5-8H2,1-4H3;1-2H/b14-3+,21-5+;;. The first-order valence-electron chi connectivity index (χ1n) is 17.6. The minimum absolute atomic E-state index is 0.121. The van der Waals surface area contributed by atoms with E-state index in [0.717, 1.165) is 61.7 Å². The van der Waals surface area contributed by atoms with E-state index >= 15 is 0 Å². The van der Waals surface area contributed by atoms with E-state index in [1.165, 1.54) is 49.7 Å². The van der Waals surface area contributed by atoms with E-state index in [-0.39, 0.29) is 5.82 Å². The topological polar surface area (TPSA) is 58.6 Å². The lowest BCUT2D eigenvalue weighted by molar-refractivity contribution is -0.109. The van der Waals surface area contributed by atoms with E-state index in [2.05, 4.69) is 79.5 Å². The van der Waals surface area contributed by atoms with Crippen molar-refractivity contribution < 1.29 is 13.9 Å². The molecule has 1 saturated carbocycles. The Morgan fingerprint density at radius 2 is 1.83 bits per heavy atom. The number of likely N-dealkylation sites (tertiary alicyclic amines) is 1. The van der Waals surface area contributed by atoms with Crippen LogP contribution in [-0.4, -0.2) is 60.0 Å². The van der Waals surface area contributed by atoms with Gasteiger partial charge in [-0.15, -0.1) is 12.8 Å². The average molecular weight is 659 g/mol. The summed E-state index contributed by atoms with van der Waals surface area (Å²) in [4.78, 5) is 24.5. The summed E-state index contributed by atoms with van der Waals surface area (Å²) in [7, 11) is 2.11. The highest BCUT2D eigenvalue weighted by atomic mass is 19.1. The number of carbonyl (C=O) groups is 1. The lowest BCUT2D eigenvalue weighted by atomic mass is 9.93. The Hall–Kier alpha value is -3.76. The minimum Gasteiger partial charge on any atom is -0.501 e. The molecule has 0 N–H and O–H groups in total. The van der Waals surface area contributed by atoms with Crippen LogP contribution in [0.25, 0.3) is 0 Å². The molecule has 1 aromatic heterocycles. The number of rotatable bonds is 17. The Morgan fingerprint density at radius 3 is 2.42 bits per heavy atom. The molecule has 0 radical (unpaired) electrons. The van der Waals surface area contributed by atoms with Crippen LogP contribution in [0.2, 0.25) is 0 Å². The summed E-state index contributed by atoms with van der Waals surface area (Å²) in [5.41, 5.74) is 4.44. The maximum atomic E-state index is 13.2. The normalized spacial score (nSPS) is 17.7. The maximum Gasteiger partial charge on any atom is 0.133 e. The second kappa shape index (κ2) is 22.7. The number of anilines is 1. The number of aromatic nitrogens is 2. The first kappa shape index (κ1) is 40.4. The quantitative estimate of drug-likeness (QED) is 0.0732. The van der Waals surface area contributed by atoms with Crippen molar-refractivity contribution in [2.24, 2.45) is 11.8 Å². The van der Waals surface area contributed by atoms with Crippen LogP contribution in [0.3, 0.4) is 0 Å². The van der Waals surface area contributed by atoms with Crippen LogP contribution in [0.4, 0.5) is 10.1 Å². The second-order valence-electron chi connectivity index (χ2n) is 13.2. The van der Waals surface area contributed by atoms with Crippen molar-refractivity contribution in [3.8, 4) is 12.8 Å². The molecule has 2 aliphatic rings. The number of aryl methyl sites for hydroxylation is 2. The molecule has 6 nitrogen and oxygen atoms in total. The SMILES string of the molecule is C#C.CC(C)=C/C(=C\C=C\OCC1CC1)C1CC(CCc2ncccn2)N(CC=O)C1.CCCC(CCC)N(C)c1ccc(F)c(C)c1. The van der Waals surface area contributed by atoms with Gasteiger partial charge in [0.05, 0.1) is 19.4 Å². The zero-order chi connectivity index (χ0) is 35.3. The van der Waals surface area contributed by atoms with Gasteiger partial charge in [0.1, 0.15) is 17.9 Å². The molecule has 2 atom stereocenters. The van der Waals surface area contributed by atoms with E-state index < -0.39 is 0 Å². The van der Waals surface area contributed by atoms with Crippen molar-refractivity contribution in [1.29, 1.82) is 0 Å². The van der Waals surface area contributed by atoms with E-state index in [1.54, 1.807) is 18.5 Å². The molecular weight excluding hydrogens is 599 g/mol. The van der Waals surface area contributed by atoms with Crippen molar-refractivity contribution in [3.63, 3.8) is 0 Å². The summed E-state index contributed by atoms with van der Waals surface area (Å²) in [6.45, 7) is 12.7. The van der Waals surface area contributed by atoms with Crippen LogP contribution in [0.15, 0.2) is 72.3 Å². The van der Waals surface area contributed by atoms with Crippen LogP contribution >= 0.6 is 0 Å². The number of aldehydes is 1. The van der Waals surface area contributed by atoms with Gasteiger partial charge >= 0.3 is 0 Å². The molecule has 262 valence electrons. The Labute approximate surface area is 290 Å². The lowest BCUT2D eigenvalue weighted by Gasteiger charge is -2.30. The van der Waals surface area contributed by atoms with Crippen molar-refractivity contribution in [3.05, 3.63) is 89.5 Å². The molecule has 7 heteroatoms. The van der Waals surface area contributed by atoms with Gasteiger partial charge in [-0.2, -0.15) is 0 Å². The molecule has 48 heavy (non-hydrogen) atoms. The molecule has 0 amide bonds. The molecule has 1 saturated heterocycles. The summed E-state index contributed by atoms with van der Waals surface area (Å²) in [5.74, 6) is 1.93. The number of ether oxygens (including phenoxy) is 1. The van der Waals surface area contributed by atoms with Gasteiger partial charge in [-0.1, -0.05) is 44.4 Å². The predicted molar refractivity (Wildman–Crippen MR) is 198 cm³/mol. The minimum atomic E-state index is -0.121. The molecule has 4 rings (SSSR count). The van der Waals surface area contributed by atoms with Gasteiger partial charge in [-0.05, 0) is 113 Å². The van der Waals surface area contributed by atoms with Gasteiger partial charge in [-0.25, -0.2) is 14.4 Å². The molecule has 1 aliphatic carbocycles. The third-order valence-electron chi connectivity index (χ3n) is 8.92. The number of terminal acetylenes is 1. The van der Waals surface area contributed by atoms with E-state index in [4.69, 9.17) is 4.74 Å². The summed E-state index contributed by atoms with van der Waals surface area (Å²) < 4.78 is 18.9. The molecule has 2 unspecified atom stereocenters. The highest BCUT2D eigenvalue weighted by Crippen LogP contribution is 2.32. The van der Waals surface area contributed by atoms with E-state index in [1.807, 2.05) is 37.5 Å². The van der Waals surface area contributed by atoms with Crippen molar-refractivity contribution in [2.45, 2.75) is 104 Å². The van der Waals surface area contributed by atoms with Crippen LogP contribution in [0, 0.1) is 37.4 Å². The van der Waals surface area contributed by atoms with Gasteiger partial charge in [0.2, 0.25) is 0 Å². The number of nitrogens with zero attached hydrogens (tertiary/aromatic N) is 4. The monoisotopic (exact) mass is 658 g/mol. The Bertz CT molecular complexity index is 1310. The van der Waals surface area contributed by atoms with Crippen molar-refractivity contribution >= 4 is 12.0 Å². The summed E-state index contributed by atoms with van der Waals surface area (Å²) >= 11 is 0. The zero-order valence-corrected chi connectivity index (χ0v) is 30.3. The van der Waals surface area contributed by atoms with Gasteiger partial charge in [0.15, 0.2) is 0 Å². The number of hydrogen-bond donors (Lipinski definition) is 0. The molecule has 2 fully saturated rings. The predicted octanol–water partition coefficient (Wildman–Crippen LogP) is 8.92. The number of halogens is 1. The fraction of sp³-hybridized carbons (Fsp3) is 0.537. The molecule has 2 aromatic rings. The van der Waals surface area contributed by atoms with E-state index in [9.17, 15) is 9.18 Å². The Kier molecular flexibility index (Phi) is 19.2. The van der Waals surface area contributed by atoms with Gasteiger partial charge in [-0.3, -0.25) is 4.90 Å². The summed E-state index contributed by atoms with van der Waals surface area (Å²) in [5, 5.41) is 0. The largest absolute Gasteiger partial charge is 0.501 e. The van der Waals surface area contributed by atoms with Gasteiger partial charge in [0.25, 0.3) is 0 Å². The van der Waals surface area contributed by atoms with Crippen LogP contribution < -0.4 is 4.90 Å². The zero-order valence-electron chi connectivity index (χ0n) is 30.3. The maximum absolute atomic E-state index is 13.2. The van der Waals surface area contributed by atoms with Crippen molar-refractivity contribution in [2.75, 3.05) is 31.6 Å². The summed E-state index contributed by atoms with van der Waals surface area (Å²) in [6, 6.07) is 8.16. The average Bonchev–Trinajstić information content (AvgIpc) is 3.83. The first-order valence-corrected chi connectivity index (χ1v) is 17.6. The molecule has 2 heterocycles. The van der Waals surface area contributed by atoms with Crippen molar-refractivity contribution in [1.82, 2.24) is 14.9 Å². The fourth-order valence-electron chi connectivity index (χ4n) is 6.17. The number of allylic oxidation sites excluding steroid dienone is 4. The first-order chi connectivity index (χ1) is 23.2. The Balaban J connectivity index is 0.000000360. The third-order valence-corrected chi connectivity index (χ3v) is 8.92. The van der Waals surface area contributed by atoms with Gasteiger partial charge < -0.3 is 14.4 Å². The molecule has 1 aliphatic heterocycles. The third kappa shape index (κ3) is 14.6. The van der Waals surface area contributed by atoms with E-state index in [0.29, 0.717) is 24.5 Å². The smallest absolute Gasteiger partial charge is 0.133 e. The second-order valence-corrected chi connectivity index (χ2v) is 13.2. The molecule has 0 bridgehead atoms. The lowest BCUT2D eigenvalue weighted by Crippen LogP contribution is -2.31. The molecule has 0 spiro atoms. The summed E-state index contributed by atoms with van der Waals surface area (Å²) in [6.07, 6.45) is 31.1. The van der Waals surface area contributed by atoms with Crippen LogP contribution in [0.1, 0.15) is 90.4 Å². The highest BCUT2D eigenvalue weighted by molar-refractivity contribution is 5.52. The number of hydrogen-bond acceptors (Lipinski definition) is 6. The number of carbonyl (C=O) groups excluding carboxylic acids is 1. The number of benzene rings is 1. The highest BCUT2D eigenvalue weighted by Gasteiger charge is 2.33. The van der Waals surface area contributed by atoms with Crippen LogP contribution in [-0.2, 0) is 16.0 Å². The molecule has 1 aromatic carbocycles.